The van der Waals surface area contributed by atoms with Gasteiger partial charge in [-0.2, -0.15) is 4.31 Å². The van der Waals surface area contributed by atoms with E-state index in [2.05, 4.69) is 15.0 Å². The Morgan fingerprint density at radius 2 is 1.92 bits per heavy atom. The summed E-state index contributed by atoms with van der Waals surface area (Å²) in [6, 6.07) is 8.27. The average Bonchev–Trinajstić information content (AvgIpc) is 3.48. The van der Waals surface area contributed by atoms with E-state index in [9.17, 15) is 18.0 Å². The second-order valence-corrected chi connectivity index (χ2v) is 12.5. The van der Waals surface area contributed by atoms with E-state index in [1.54, 1.807) is 34.1 Å². The van der Waals surface area contributed by atoms with Crippen molar-refractivity contribution in [3.05, 3.63) is 47.7 Å². The number of piperidine rings is 1. The van der Waals surface area contributed by atoms with Crippen LogP contribution in [0.1, 0.15) is 19.8 Å². The molecular weight excluding hydrogens is 548 g/mol. The predicted octanol–water partition coefficient (Wildman–Crippen LogP) is 1.63. The summed E-state index contributed by atoms with van der Waals surface area (Å²) in [4.78, 5) is 39.9. The van der Waals surface area contributed by atoms with E-state index in [1.165, 1.54) is 25.4 Å². The number of likely N-dealkylation sites (tertiary alicyclic amines) is 1. The van der Waals surface area contributed by atoms with Crippen molar-refractivity contribution in [1.82, 2.24) is 29.1 Å². The standard InChI is InChI=1S/C25H27ClN6O6S/c1-17(33)30-9-5-24(6-10-30)14-32-22(34)13-31(15-25(32,38-24)16-37-23-27-7-2-8-28-23)39(35,36)21-12-18-11-19(26)3-4-20(18)29-21/h2-4,7-8,11-12,29H,5-6,9-10,13-16H2,1H3. The first-order valence-electron chi connectivity index (χ1n) is 12.5. The number of nitrogens with one attached hydrogen (secondary N) is 1. The van der Waals surface area contributed by atoms with Crippen LogP contribution in [0, 0.1) is 0 Å². The van der Waals surface area contributed by atoms with Gasteiger partial charge < -0.3 is 24.3 Å². The molecule has 0 bridgehead atoms. The van der Waals surface area contributed by atoms with Crippen LogP contribution in [0.5, 0.6) is 6.01 Å². The molecule has 3 saturated heterocycles. The average molecular weight is 575 g/mol. The number of amides is 2. The second kappa shape index (κ2) is 9.44. The number of benzene rings is 1. The SMILES string of the molecule is CC(=O)N1CCC2(CC1)CN1C(=O)CN(S(=O)(=O)c3cc4cc(Cl)ccc4[nH]3)CC1(COc1ncccn1)O2. The van der Waals surface area contributed by atoms with Crippen molar-refractivity contribution in [2.75, 3.05) is 39.3 Å². The number of nitrogens with zero attached hydrogens (tertiary/aromatic N) is 5. The molecule has 2 amide bonds. The lowest BCUT2D eigenvalue weighted by atomic mass is 9.91. The molecular formula is C25H27ClN6O6S. The number of aromatic amines is 1. The highest BCUT2D eigenvalue weighted by atomic mass is 35.5. The molecule has 39 heavy (non-hydrogen) atoms. The van der Waals surface area contributed by atoms with E-state index in [1.807, 2.05) is 0 Å². The molecule has 3 fully saturated rings. The normalized spacial score (nSPS) is 23.4. The number of carbonyl (C=O) groups excluding carboxylic acids is 2. The Hall–Kier alpha value is -3.26. The third kappa shape index (κ3) is 4.62. The Labute approximate surface area is 229 Å². The molecule has 3 aliphatic heterocycles. The molecule has 206 valence electrons. The van der Waals surface area contributed by atoms with E-state index in [0.29, 0.717) is 41.9 Å². The van der Waals surface area contributed by atoms with Gasteiger partial charge in [0, 0.05) is 48.3 Å². The molecule has 0 radical (unpaired) electrons. The van der Waals surface area contributed by atoms with Crippen LogP contribution in [0.4, 0.5) is 0 Å². The first kappa shape index (κ1) is 26.0. The van der Waals surface area contributed by atoms with E-state index in [-0.39, 0.29) is 43.2 Å². The number of hydrogen-bond acceptors (Lipinski definition) is 8. The number of rotatable bonds is 5. The highest BCUT2D eigenvalue weighted by Crippen LogP contribution is 2.44. The summed E-state index contributed by atoms with van der Waals surface area (Å²) in [5.41, 5.74) is -1.54. The van der Waals surface area contributed by atoms with Crippen LogP contribution >= 0.6 is 11.6 Å². The van der Waals surface area contributed by atoms with Crippen LogP contribution in [0.15, 0.2) is 47.8 Å². The van der Waals surface area contributed by atoms with Crippen molar-refractivity contribution >= 4 is 44.3 Å². The van der Waals surface area contributed by atoms with E-state index in [4.69, 9.17) is 21.1 Å². The van der Waals surface area contributed by atoms with Crippen LogP contribution in [-0.2, 0) is 24.3 Å². The van der Waals surface area contributed by atoms with Gasteiger partial charge in [0.1, 0.15) is 11.6 Å². The summed E-state index contributed by atoms with van der Waals surface area (Å²) in [5.74, 6) is -0.416. The van der Waals surface area contributed by atoms with Crippen LogP contribution in [0.25, 0.3) is 10.9 Å². The highest BCUT2D eigenvalue weighted by Gasteiger charge is 2.61. The fourth-order valence-corrected chi connectivity index (χ4v) is 7.25. The number of fused-ring (bicyclic) bond motifs is 2. The van der Waals surface area contributed by atoms with Crippen molar-refractivity contribution in [2.45, 2.75) is 36.1 Å². The number of piperazine rings is 1. The smallest absolute Gasteiger partial charge is 0.316 e. The van der Waals surface area contributed by atoms with E-state index < -0.39 is 27.3 Å². The first-order chi connectivity index (χ1) is 18.6. The summed E-state index contributed by atoms with van der Waals surface area (Å²) in [5, 5.41) is 1.07. The molecule has 3 aromatic rings. The largest absolute Gasteiger partial charge is 0.458 e. The van der Waals surface area contributed by atoms with Gasteiger partial charge in [-0.05, 0) is 43.2 Å². The summed E-state index contributed by atoms with van der Waals surface area (Å²) >= 11 is 6.09. The van der Waals surface area contributed by atoms with Gasteiger partial charge in [0.2, 0.25) is 11.8 Å². The fraction of sp³-hybridized carbons (Fsp3) is 0.440. The minimum absolute atomic E-state index is 0.0205. The van der Waals surface area contributed by atoms with Gasteiger partial charge in [-0.1, -0.05) is 11.6 Å². The van der Waals surface area contributed by atoms with Crippen LogP contribution in [0.3, 0.4) is 0 Å². The molecule has 1 spiro atoms. The summed E-state index contributed by atoms with van der Waals surface area (Å²) in [7, 11) is -4.12. The number of halogens is 1. The molecule has 1 atom stereocenters. The first-order valence-corrected chi connectivity index (χ1v) is 14.4. The molecule has 1 N–H and O–H groups in total. The van der Waals surface area contributed by atoms with E-state index in [0.717, 1.165) is 4.31 Å². The Bertz CT molecular complexity index is 1540. The summed E-state index contributed by atoms with van der Waals surface area (Å²) in [6.45, 7) is 2.09. The number of carbonyl (C=O) groups is 2. The zero-order chi connectivity index (χ0) is 27.4. The number of H-pyrrole nitrogens is 1. The number of hydrogen-bond donors (Lipinski definition) is 1. The Kier molecular flexibility index (Phi) is 6.29. The zero-order valence-electron chi connectivity index (χ0n) is 21.2. The zero-order valence-corrected chi connectivity index (χ0v) is 22.7. The second-order valence-electron chi connectivity index (χ2n) is 10.2. The minimum Gasteiger partial charge on any atom is -0.458 e. The number of ether oxygens (including phenoxy) is 2. The molecule has 1 aromatic carbocycles. The third-order valence-electron chi connectivity index (χ3n) is 7.65. The maximum Gasteiger partial charge on any atom is 0.316 e. The lowest BCUT2D eigenvalue weighted by Crippen LogP contribution is -2.66. The van der Waals surface area contributed by atoms with E-state index >= 15 is 0 Å². The van der Waals surface area contributed by atoms with Gasteiger partial charge in [-0.15, -0.1) is 0 Å². The maximum atomic E-state index is 13.8. The minimum atomic E-state index is -4.12. The lowest BCUT2D eigenvalue weighted by Gasteiger charge is -2.44. The molecule has 3 aliphatic rings. The molecule has 1 unspecified atom stereocenters. The summed E-state index contributed by atoms with van der Waals surface area (Å²) in [6.07, 6.45) is 4.07. The van der Waals surface area contributed by atoms with Gasteiger partial charge in [0.05, 0.1) is 25.2 Å². The number of aromatic nitrogens is 3. The Morgan fingerprint density at radius 1 is 1.18 bits per heavy atom. The van der Waals surface area contributed by atoms with Crippen LogP contribution < -0.4 is 4.74 Å². The maximum absolute atomic E-state index is 13.8. The molecule has 0 saturated carbocycles. The van der Waals surface area contributed by atoms with Gasteiger partial charge in [0.25, 0.3) is 10.0 Å². The van der Waals surface area contributed by atoms with Gasteiger partial charge in [-0.3, -0.25) is 9.59 Å². The van der Waals surface area contributed by atoms with Crippen LogP contribution in [-0.4, -0.2) is 99.9 Å². The van der Waals surface area contributed by atoms with Crippen molar-refractivity contribution in [1.29, 1.82) is 0 Å². The summed E-state index contributed by atoms with van der Waals surface area (Å²) < 4.78 is 41.3. The van der Waals surface area contributed by atoms with Crippen molar-refractivity contribution < 1.29 is 27.5 Å². The molecule has 12 nitrogen and oxygen atoms in total. The Balaban J connectivity index is 1.33. The quantitative estimate of drug-likeness (QED) is 0.485. The number of sulfonamides is 1. The lowest BCUT2D eigenvalue weighted by molar-refractivity contribution is -0.192. The molecule has 0 aliphatic carbocycles. The van der Waals surface area contributed by atoms with Crippen molar-refractivity contribution in [3.8, 4) is 6.01 Å². The molecule has 6 rings (SSSR count). The van der Waals surface area contributed by atoms with Crippen molar-refractivity contribution in [3.63, 3.8) is 0 Å². The topological polar surface area (TPSA) is 138 Å². The molecule has 2 aromatic heterocycles. The third-order valence-corrected chi connectivity index (χ3v) is 9.59. The molecule has 14 heteroatoms. The monoisotopic (exact) mass is 574 g/mol. The predicted molar refractivity (Wildman–Crippen MR) is 139 cm³/mol. The van der Waals surface area contributed by atoms with Crippen LogP contribution in [0.2, 0.25) is 5.02 Å². The van der Waals surface area contributed by atoms with Crippen molar-refractivity contribution in [2.24, 2.45) is 0 Å². The van der Waals surface area contributed by atoms with Gasteiger partial charge in [0.15, 0.2) is 5.72 Å². The Morgan fingerprint density at radius 3 is 2.64 bits per heavy atom. The molecule has 5 heterocycles. The fourth-order valence-electron chi connectivity index (χ4n) is 5.63. The highest BCUT2D eigenvalue weighted by molar-refractivity contribution is 7.89. The van der Waals surface area contributed by atoms with Gasteiger partial charge in [-0.25, -0.2) is 18.4 Å². The van der Waals surface area contributed by atoms with Gasteiger partial charge >= 0.3 is 6.01 Å².